The summed E-state index contributed by atoms with van der Waals surface area (Å²) in [5, 5.41) is 3.93. The van der Waals surface area contributed by atoms with Gasteiger partial charge in [-0.05, 0) is 30.7 Å². The molecule has 17 heavy (non-hydrogen) atoms. The van der Waals surface area contributed by atoms with Gasteiger partial charge in [-0.2, -0.15) is 0 Å². The van der Waals surface area contributed by atoms with E-state index >= 15 is 0 Å². The van der Waals surface area contributed by atoms with Gasteiger partial charge in [0.1, 0.15) is 7.11 Å². The molecule has 0 saturated carbocycles. The van der Waals surface area contributed by atoms with Gasteiger partial charge in [-0.1, -0.05) is 29.4 Å². The van der Waals surface area contributed by atoms with Crippen LogP contribution in [-0.4, -0.2) is 17.8 Å². The Balaban J connectivity index is 2.39. The van der Waals surface area contributed by atoms with Crippen molar-refractivity contribution < 1.29 is 4.84 Å². The third-order valence-corrected chi connectivity index (χ3v) is 2.47. The van der Waals surface area contributed by atoms with E-state index in [9.17, 15) is 0 Å². The highest BCUT2D eigenvalue weighted by molar-refractivity contribution is 5.99. The summed E-state index contributed by atoms with van der Waals surface area (Å²) in [5.74, 6) is 0. The van der Waals surface area contributed by atoms with Crippen molar-refractivity contribution in [2.45, 2.75) is 6.92 Å². The highest BCUT2D eigenvalue weighted by atomic mass is 16.6. The van der Waals surface area contributed by atoms with Crippen molar-refractivity contribution in [1.29, 1.82) is 0 Å². The van der Waals surface area contributed by atoms with E-state index in [-0.39, 0.29) is 0 Å². The van der Waals surface area contributed by atoms with Gasteiger partial charge in [0.05, 0.1) is 11.4 Å². The van der Waals surface area contributed by atoms with Crippen LogP contribution in [0.5, 0.6) is 0 Å². The number of rotatable bonds is 3. The fourth-order valence-corrected chi connectivity index (χ4v) is 1.63. The van der Waals surface area contributed by atoms with Crippen LogP contribution < -0.4 is 0 Å². The Morgan fingerprint density at radius 2 is 2.06 bits per heavy atom. The Hall–Kier alpha value is -2.16. The van der Waals surface area contributed by atoms with E-state index in [4.69, 9.17) is 4.84 Å². The number of benzene rings is 1. The Bertz CT molecular complexity index is 521. The van der Waals surface area contributed by atoms with Gasteiger partial charge in [-0.25, -0.2) is 0 Å². The van der Waals surface area contributed by atoms with E-state index in [0.717, 1.165) is 22.5 Å². The Morgan fingerprint density at radius 3 is 2.76 bits per heavy atom. The zero-order valence-corrected chi connectivity index (χ0v) is 9.92. The molecule has 1 aromatic heterocycles. The molecule has 2 aromatic rings. The van der Waals surface area contributed by atoms with Crippen molar-refractivity contribution in [2.75, 3.05) is 7.11 Å². The Kier molecular flexibility index (Phi) is 3.50. The Labute approximate surface area is 101 Å². The predicted molar refractivity (Wildman–Crippen MR) is 68.9 cm³/mol. The van der Waals surface area contributed by atoms with Crippen LogP contribution >= 0.6 is 0 Å². The first-order chi connectivity index (χ1) is 8.31. The normalized spacial score (nSPS) is 11.3. The molecule has 2 rings (SSSR count). The molecule has 0 aliphatic rings. The Morgan fingerprint density at radius 1 is 1.18 bits per heavy atom. The van der Waals surface area contributed by atoms with Crippen LogP contribution in [0.25, 0.3) is 11.3 Å². The van der Waals surface area contributed by atoms with Gasteiger partial charge >= 0.3 is 0 Å². The molecule has 0 N–H and O–H groups in total. The van der Waals surface area contributed by atoms with Crippen LogP contribution in [0, 0.1) is 0 Å². The van der Waals surface area contributed by atoms with Gasteiger partial charge in [-0.15, -0.1) is 0 Å². The van der Waals surface area contributed by atoms with Crippen LogP contribution in [-0.2, 0) is 4.84 Å². The second-order valence-corrected chi connectivity index (χ2v) is 3.66. The molecule has 1 heterocycles. The van der Waals surface area contributed by atoms with Gasteiger partial charge in [0.25, 0.3) is 0 Å². The van der Waals surface area contributed by atoms with Crippen molar-refractivity contribution in [2.24, 2.45) is 5.16 Å². The van der Waals surface area contributed by atoms with Crippen molar-refractivity contribution >= 4 is 5.71 Å². The molecule has 0 radical (unpaired) electrons. The third-order valence-electron chi connectivity index (χ3n) is 2.47. The first-order valence-electron chi connectivity index (χ1n) is 5.41. The van der Waals surface area contributed by atoms with Gasteiger partial charge in [0.15, 0.2) is 0 Å². The fourth-order valence-electron chi connectivity index (χ4n) is 1.63. The van der Waals surface area contributed by atoms with E-state index in [2.05, 4.69) is 16.2 Å². The maximum Gasteiger partial charge on any atom is 0.106 e. The average molecular weight is 226 g/mol. The van der Waals surface area contributed by atoms with Crippen LogP contribution in [0.1, 0.15) is 12.5 Å². The summed E-state index contributed by atoms with van der Waals surface area (Å²) in [6.07, 6.45) is 1.79. The molecule has 0 atom stereocenters. The van der Waals surface area contributed by atoms with Crippen molar-refractivity contribution in [3.8, 4) is 11.3 Å². The lowest BCUT2D eigenvalue weighted by atomic mass is 10.1. The molecule has 1 aromatic carbocycles. The highest BCUT2D eigenvalue weighted by Crippen LogP contribution is 2.18. The number of hydrogen-bond donors (Lipinski definition) is 0. The van der Waals surface area contributed by atoms with E-state index in [1.165, 1.54) is 0 Å². The molecule has 86 valence electrons. The van der Waals surface area contributed by atoms with Crippen LogP contribution in [0.3, 0.4) is 0 Å². The predicted octanol–water partition coefficient (Wildman–Crippen LogP) is 3.12. The molecule has 0 aliphatic heterocycles. The van der Waals surface area contributed by atoms with Crippen LogP contribution in [0.15, 0.2) is 53.8 Å². The van der Waals surface area contributed by atoms with Gasteiger partial charge in [-0.3, -0.25) is 4.98 Å². The summed E-state index contributed by atoms with van der Waals surface area (Å²) < 4.78 is 0. The fraction of sp³-hybridized carbons (Fsp3) is 0.143. The van der Waals surface area contributed by atoms with Crippen molar-refractivity contribution in [1.82, 2.24) is 4.98 Å². The first kappa shape index (κ1) is 11.3. The van der Waals surface area contributed by atoms with E-state index in [1.807, 2.05) is 43.3 Å². The lowest BCUT2D eigenvalue weighted by molar-refractivity contribution is 0.213. The van der Waals surface area contributed by atoms with E-state index in [0.29, 0.717) is 0 Å². The third kappa shape index (κ3) is 2.69. The maximum atomic E-state index is 4.78. The molecule has 0 aliphatic carbocycles. The summed E-state index contributed by atoms with van der Waals surface area (Å²) >= 11 is 0. The van der Waals surface area contributed by atoms with Crippen molar-refractivity contribution in [3.05, 3.63) is 54.2 Å². The van der Waals surface area contributed by atoms with Crippen LogP contribution in [0.2, 0.25) is 0 Å². The number of pyridine rings is 1. The lowest BCUT2D eigenvalue weighted by Gasteiger charge is -2.04. The topological polar surface area (TPSA) is 34.5 Å². The van der Waals surface area contributed by atoms with Crippen molar-refractivity contribution in [3.63, 3.8) is 0 Å². The second kappa shape index (κ2) is 5.25. The first-order valence-corrected chi connectivity index (χ1v) is 5.41. The van der Waals surface area contributed by atoms with E-state index < -0.39 is 0 Å². The smallest absolute Gasteiger partial charge is 0.106 e. The second-order valence-electron chi connectivity index (χ2n) is 3.66. The van der Waals surface area contributed by atoms with Gasteiger partial charge < -0.3 is 4.84 Å². The quantitative estimate of drug-likeness (QED) is 0.595. The SMILES string of the molecule is CO/N=C(\C)c1cccc(-c2ccccn2)c1. The van der Waals surface area contributed by atoms with Gasteiger partial charge in [0, 0.05) is 11.8 Å². The zero-order chi connectivity index (χ0) is 12.1. The van der Waals surface area contributed by atoms with Crippen LogP contribution in [0.4, 0.5) is 0 Å². The highest BCUT2D eigenvalue weighted by Gasteiger charge is 2.02. The monoisotopic (exact) mass is 226 g/mol. The molecular weight excluding hydrogens is 212 g/mol. The number of hydrogen-bond acceptors (Lipinski definition) is 3. The lowest BCUT2D eigenvalue weighted by Crippen LogP contribution is -1.95. The standard InChI is InChI=1S/C14H14N2O/c1-11(16-17-2)12-6-5-7-13(10-12)14-8-3-4-9-15-14/h3-10H,1-2H3/b16-11+. The summed E-state index contributed by atoms with van der Waals surface area (Å²) in [7, 11) is 1.55. The molecule has 3 nitrogen and oxygen atoms in total. The molecule has 0 bridgehead atoms. The van der Waals surface area contributed by atoms with E-state index in [1.54, 1.807) is 13.3 Å². The minimum absolute atomic E-state index is 0.852. The zero-order valence-electron chi connectivity index (χ0n) is 9.92. The summed E-state index contributed by atoms with van der Waals surface area (Å²) in [5.41, 5.74) is 3.92. The maximum absolute atomic E-state index is 4.78. The number of aromatic nitrogens is 1. The minimum Gasteiger partial charge on any atom is -0.399 e. The largest absolute Gasteiger partial charge is 0.399 e. The minimum atomic E-state index is 0.852. The molecule has 3 heteroatoms. The summed E-state index contributed by atoms with van der Waals surface area (Å²) in [6.45, 7) is 1.92. The van der Waals surface area contributed by atoms with Gasteiger partial charge in [0.2, 0.25) is 0 Å². The molecule has 0 saturated heterocycles. The molecule has 0 unspecified atom stereocenters. The average Bonchev–Trinajstić information content (AvgIpc) is 2.40. The summed E-state index contributed by atoms with van der Waals surface area (Å²) in [6, 6.07) is 14.0. The molecular formula is C14H14N2O. The number of nitrogens with zero attached hydrogens (tertiary/aromatic N) is 2. The number of oxime groups is 1. The molecule has 0 fully saturated rings. The molecule has 0 amide bonds. The summed E-state index contributed by atoms with van der Waals surface area (Å²) in [4.78, 5) is 9.10. The molecule has 0 spiro atoms.